The van der Waals surface area contributed by atoms with Gasteiger partial charge in [-0.05, 0) is 36.6 Å². The van der Waals surface area contributed by atoms with Gasteiger partial charge in [-0.25, -0.2) is 4.79 Å². The molecule has 178 valence electrons. The van der Waals surface area contributed by atoms with Crippen LogP contribution in [-0.4, -0.2) is 30.9 Å². The maximum Gasteiger partial charge on any atom is 0.358 e. The van der Waals surface area contributed by atoms with Crippen LogP contribution in [0.15, 0.2) is 63.6 Å². The van der Waals surface area contributed by atoms with E-state index >= 15 is 0 Å². The molecule has 6 rings (SSSR count). The summed E-state index contributed by atoms with van der Waals surface area (Å²) < 4.78 is 12.0. The van der Waals surface area contributed by atoms with E-state index in [-0.39, 0.29) is 5.69 Å². The number of carboxylic acids is 1. The summed E-state index contributed by atoms with van der Waals surface area (Å²) in [7, 11) is 0. The SMILES string of the molecule is Cc1nc(-c2c(Cl)c3ccccc3n2-c2ccc(CN)cc2)no1.O=C(O)c1cc(C2CC2)on1. The molecule has 9 nitrogen and oxygen atoms in total. The van der Waals surface area contributed by atoms with Crippen LogP contribution in [-0.2, 0) is 6.54 Å². The first kappa shape index (κ1) is 22.8. The van der Waals surface area contributed by atoms with E-state index in [9.17, 15) is 4.79 Å². The lowest BCUT2D eigenvalue weighted by atomic mass is 10.2. The molecule has 0 atom stereocenters. The molecule has 0 aliphatic heterocycles. The first-order chi connectivity index (χ1) is 17.0. The van der Waals surface area contributed by atoms with Gasteiger partial charge in [0.25, 0.3) is 0 Å². The van der Waals surface area contributed by atoms with Crippen LogP contribution in [0.2, 0.25) is 5.02 Å². The fraction of sp³-hybridized carbons (Fsp3) is 0.200. The highest BCUT2D eigenvalue weighted by molar-refractivity contribution is 6.38. The summed E-state index contributed by atoms with van der Waals surface area (Å²) in [4.78, 5) is 14.7. The highest BCUT2D eigenvalue weighted by Crippen LogP contribution is 2.40. The fourth-order valence-electron chi connectivity index (χ4n) is 3.79. The van der Waals surface area contributed by atoms with Crippen molar-refractivity contribution in [3.8, 4) is 17.2 Å². The largest absolute Gasteiger partial charge is 0.476 e. The zero-order valence-electron chi connectivity index (χ0n) is 18.8. The molecular formula is C25H22ClN5O4. The first-order valence-electron chi connectivity index (χ1n) is 11.0. The number of aryl methyl sites for hydroxylation is 1. The molecule has 0 saturated heterocycles. The van der Waals surface area contributed by atoms with Gasteiger partial charge in [-0.1, -0.05) is 52.2 Å². The minimum atomic E-state index is -1.03. The molecule has 10 heteroatoms. The summed E-state index contributed by atoms with van der Waals surface area (Å²) >= 11 is 6.65. The molecule has 2 aromatic carbocycles. The number of hydrogen-bond acceptors (Lipinski definition) is 7. The number of carbonyl (C=O) groups is 1. The predicted molar refractivity (Wildman–Crippen MR) is 130 cm³/mol. The molecule has 0 bridgehead atoms. The smallest absolute Gasteiger partial charge is 0.358 e. The van der Waals surface area contributed by atoms with E-state index in [1.807, 2.05) is 53.1 Å². The van der Waals surface area contributed by atoms with Crippen molar-refractivity contribution in [3.05, 3.63) is 82.5 Å². The van der Waals surface area contributed by atoms with Crippen LogP contribution in [0.4, 0.5) is 0 Å². The van der Waals surface area contributed by atoms with Crippen molar-refractivity contribution in [2.75, 3.05) is 0 Å². The van der Waals surface area contributed by atoms with Gasteiger partial charge >= 0.3 is 5.97 Å². The number of aromatic carboxylic acids is 1. The van der Waals surface area contributed by atoms with Crippen molar-refractivity contribution in [1.29, 1.82) is 0 Å². The molecule has 0 spiro atoms. The number of hydrogen-bond donors (Lipinski definition) is 2. The number of benzene rings is 2. The second-order valence-electron chi connectivity index (χ2n) is 8.22. The molecule has 1 aliphatic carbocycles. The van der Waals surface area contributed by atoms with Crippen molar-refractivity contribution in [1.82, 2.24) is 19.9 Å². The Bertz CT molecular complexity index is 1500. The highest BCUT2D eigenvalue weighted by Gasteiger charge is 2.28. The number of fused-ring (bicyclic) bond motifs is 1. The molecule has 35 heavy (non-hydrogen) atoms. The topological polar surface area (TPSA) is 133 Å². The summed E-state index contributed by atoms with van der Waals surface area (Å²) in [6.07, 6.45) is 2.18. The van der Waals surface area contributed by atoms with Crippen LogP contribution in [0.25, 0.3) is 28.1 Å². The van der Waals surface area contributed by atoms with Crippen LogP contribution in [0.5, 0.6) is 0 Å². The number of nitrogens with zero attached hydrogens (tertiary/aromatic N) is 4. The number of halogens is 1. The van der Waals surface area contributed by atoms with Gasteiger partial charge in [0, 0.05) is 36.5 Å². The Morgan fingerprint density at radius 3 is 2.49 bits per heavy atom. The van der Waals surface area contributed by atoms with E-state index in [0.717, 1.165) is 40.7 Å². The normalized spacial score (nSPS) is 13.0. The quantitative estimate of drug-likeness (QED) is 0.336. The van der Waals surface area contributed by atoms with Crippen molar-refractivity contribution < 1.29 is 18.9 Å². The number of nitrogens with two attached hydrogens (primary N) is 1. The Kier molecular flexibility index (Phi) is 6.10. The van der Waals surface area contributed by atoms with Gasteiger partial charge in [0.1, 0.15) is 11.5 Å². The van der Waals surface area contributed by atoms with E-state index in [1.165, 1.54) is 6.07 Å². The second-order valence-corrected chi connectivity index (χ2v) is 8.59. The fourth-order valence-corrected chi connectivity index (χ4v) is 4.12. The van der Waals surface area contributed by atoms with E-state index in [4.69, 9.17) is 31.5 Å². The maximum atomic E-state index is 10.3. The molecule has 0 amide bonds. The summed E-state index contributed by atoms with van der Waals surface area (Å²) in [6, 6.07) is 17.5. The van der Waals surface area contributed by atoms with Crippen LogP contribution in [0.1, 0.15) is 46.5 Å². The van der Waals surface area contributed by atoms with E-state index in [0.29, 0.717) is 35.0 Å². The van der Waals surface area contributed by atoms with Crippen LogP contribution in [0.3, 0.4) is 0 Å². The lowest BCUT2D eigenvalue weighted by Crippen LogP contribution is -2.00. The zero-order valence-corrected chi connectivity index (χ0v) is 19.6. The standard InChI is InChI=1S/C18H15ClN4O.C7H7NO3/c1-11-21-18(22-24-11)17-16(19)14-4-2-3-5-15(14)23(17)13-8-6-12(10-20)7-9-13;9-7(10)5-3-6(11-8-5)4-1-2-4/h2-9H,10,20H2,1H3;3-4H,1-2H2,(H,9,10). The molecule has 3 aromatic heterocycles. The third-order valence-electron chi connectivity index (χ3n) is 5.71. The lowest BCUT2D eigenvalue weighted by Gasteiger charge is -2.09. The third-order valence-corrected chi connectivity index (χ3v) is 6.09. The van der Waals surface area contributed by atoms with Gasteiger partial charge in [-0.15, -0.1) is 0 Å². The van der Waals surface area contributed by atoms with Crippen LogP contribution in [0, 0.1) is 6.92 Å². The maximum absolute atomic E-state index is 10.3. The molecule has 3 N–H and O–H groups in total. The minimum absolute atomic E-state index is 0.00639. The zero-order chi connectivity index (χ0) is 24.5. The van der Waals surface area contributed by atoms with Gasteiger partial charge in [0.15, 0.2) is 5.69 Å². The van der Waals surface area contributed by atoms with Gasteiger partial charge in [-0.3, -0.25) is 0 Å². The Hall–Kier alpha value is -3.95. The second kappa shape index (κ2) is 9.36. The Morgan fingerprint density at radius 2 is 1.89 bits per heavy atom. The average molecular weight is 492 g/mol. The predicted octanol–water partition coefficient (Wildman–Crippen LogP) is 5.35. The van der Waals surface area contributed by atoms with Crippen molar-refractivity contribution >= 4 is 28.5 Å². The molecule has 1 aliphatic rings. The van der Waals surface area contributed by atoms with Crippen molar-refractivity contribution in [2.45, 2.75) is 32.2 Å². The number of aromatic nitrogens is 4. The molecule has 1 fully saturated rings. The first-order valence-corrected chi connectivity index (χ1v) is 11.4. The Labute approximate surface area is 205 Å². The summed E-state index contributed by atoms with van der Waals surface area (Å²) in [6.45, 7) is 2.26. The summed E-state index contributed by atoms with van der Waals surface area (Å²) in [5.41, 5.74) is 9.44. The van der Waals surface area contributed by atoms with Crippen LogP contribution < -0.4 is 5.73 Å². The molecule has 0 radical (unpaired) electrons. The van der Waals surface area contributed by atoms with Gasteiger partial charge in [-0.2, -0.15) is 4.98 Å². The Morgan fingerprint density at radius 1 is 1.14 bits per heavy atom. The minimum Gasteiger partial charge on any atom is -0.476 e. The van der Waals surface area contributed by atoms with Crippen molar-refractivity contribution in [2.24, 2.45) is 5.73 Å². The molecular weight excluding hydrogens is 470 g/mol. The monoisotopic (exact) mass is 491 g/mol. The average Bonchev–Trinajstić information content (AvgIpc) is 3.31. The lowest BCUT2D eigenvalue weighted by molar-refractivity contribution is 0.0685. The molecule has 3 heterocycles. The molecule has 1 saturated carbocycles. The summed E-state index contributed by atoms with van der Waals surface area (Å²) in [5, 5.41) is 17.5. The van der Waals surface area contributed by atoms with E-state index in [2.05, 4.69) is 15.3 Å². The van der Waals surface area contributed by atoms with Crippen LogP contribution >= 0.6 is 11.6 Å². The number of carboxylic acid groups (broad SMARTS) is 1. The van der Waals surface area contributed by atoms with Gasteiger partial charge in [0.05, 0.1) is 10.5 Å². The third kappa shape index (κ3) is 4.55. The van der Waals surface area contributed by atoms with E-state index in [1.54, 1.807) is 6.92 Å². The molecule has 5 aromatic rings. The van der Waals surface area contributed by atoms with Crippen molar-refractivity contribution in [3.63, 3.8) is 0 Å². The van der Waals surface area contributed by atoms with Gasteiger partial charge < -0.3 is 24.5 Å². The number of para-hydroxylation sites is 1. The molecule has 0 unspecified atom stereocenters. The Balaban J connectivity index is 0.000000192. The summed E-state index contributed by atoms with van der Waals surface area (Å²) in [5.74, 6) is 1.08. The van der Waals surface area contributed by atoms with E-state index < -0.39 is 5.97 Å². The number of rotatable bonds is 5. The van der Waals surface area contributed by atoms with Gasteiger partial charge in [0.2, 0.25) is 11.7 Å². The highest BCUT2D eigenvalue weighted by atomic mass is 35.5.